The summed E-state index contributed by atoms with van der Waals surface area (Å²) in [6.07, 6.45) is -0.566. The molecule has 1 aromatic rings. The smallest absolute Gasteiger partial charge is 0.504 e. The van der Waals surface area contributed by atoms with Gasteiger partial charge in [-0.05, 0) is 12.1 Å². The van der Waals surface area contributed by atoms with Crippen LogP contribution in [0.5, 0.6) is 17.2 Å². The molecule has 0 spiro atoms. The number of rotatable bonds is 5. The van der Waals surface area contributed by atoms with Crippen LogP contribution in [0, 0.1) is 0 Å². The van der Waals surface area contributed by atoms with Crippen LogP contribution in [0.2, 0.25) is 0 Å². The van der Waals surface area contributed by atoms with E-state index < -0.39 is 19.5 Å². The van der Waals surface area contributed by atoms with E-state index in [-0.39, 0.29) is 29.4 Å². The fraction of sp³-hybridized carbons (Fsp3) is 0.364. The van der Waals surface area contributed by atoms with Crippen LogP contribution in [0.1, 0.15) is 10.4 Å². The quantitative estimate of drug-likeness (QED) is 0.493. The molecule has 0 aliphatic carbocycles. The highest BCUT2D eigenvalue weighted by molar-refractivity contribution is 6.38. The average molecular weight is 283 g/mol. The van der Waals surface area contributed by atoms with Crippen molar-refractivity contribution in [3.8, 4) is 17.2 Å². The molecule has 0 saturated heterocycles. The summed E-state index contributed by atoms with van der Waals surface area (Å²) in [5, 5.41) is 21.4. The van der Waals surface area contributed by atoms with Crippen molar-refractivity contribution in [1.29, 1.82) is 0 Å². The maximum absolute atomic E-state index is 11.9. The van der Waals surface area contributed by atoms with Crippen LogP contribution in [0.15, 0.2) is 12.1 Å². The second kappa shape index (κ2) is 5.99. The fourth-order valence-corrected chi connectivity index (χ4v) is 1.70. The summed E-state index contributed by atoms with van der Waals surface area (Å²) in [4.78, 5) is 11.9. The number of ether oxygens (including phenoxy) is 2. The van der Waals surface area contributed by atoms with Crippen molar-refractivity contribution in [2.75, 3.05) is 20.8 Å². The molecule has 0 unspecified atom stereocenters. The van der Waals surface area contributed by atoms with Crippen molar-refractivity contribution in [2.24, 2.45) is 0 Å². The molecular formula is C11H14BNO7. The van der Waals surface area contributed by atoms with E-state index >= 15 is 0 Å². The minimum atomic E-state index is -1.49. The second-order valence-corrected chi connectivity index (χ2v) is 3.98. The van der Waals surface area contributed by atoms with Crippen molar-refractivity contribution in [2.45, 2.75) is 6.29 Å². The van der Waals surface area contributed by atoms with Crippen LogP contribution >= 0.6 is 0 Å². The Balaban J connectivity index is 2.08. The van der Waals surface area contributed by atoms with E-state index in [1.54, 1.807) is 0 Å². The Morgan fingerprint density at radius 1 is 1.40 bits per heavy atom. The molecule has 1 aromatic carbocycles. The zero-order chi connectivity index (χ0) is 14.7. The molecule has 1 heterocycles. The molecule has 9 heteroatoms. The largest absolute Gasteiger partial charge is 0.785 e. The average Bonchev–Trinajstić information content (AvgIpc) is 2.80. The Morgan fingerprint density at radius 2 is 2.10 bits per heavy atom. The number of phenolic OH excluding ortho intramolecular Hbond substituents is 1. The number of carbonyl (C=O) groups excluding carboxylic acids is 1. The molecular weight excluding hydrogens is 269 g/mol. The SMILES string of the molecule is COC(CNC(=O)c1cc(O)c2c(c1)OB(O)O2)OC. The van der Waals surface area contributed by atoms with E-state index in [2.05, 4.69) is 5.32 Å². The van der Waals surface area contributed by atoms with Crippen LogP contribution in [0.3, 0.4) is 0 Å². The van der Waals surface area contributed by atoms with Gasteiger partial charge in [0, 0.05) is 19.8 Å². The molecule has 0 fully saturated rings. The molecule has 108 valence electrons. The Morgan fingerprint density at radius 3 is 2.75 bits per heavy atom. The summed E-state index contributed by atoms with van der Waals surface area (Å²) in [7, 11) is 1.42. The van der Waals surface area contributed by atoms with Crippen LogP contribution in [-0.2, 0) is 9.47 Å². The molecule has 0 saturated carbocycles. The van der Waals surface area contributed by atoms with Crippen LogP contribution in [0.25, 0.3) is 0 Å². The molecule has 8 nitrogen and oxygen atoms in total. The zero-order valence-electron chi connectivity index (χ0n) is 11.0. The predicted octanol–water partition coefficient (Wildman–Crippen LogP) is -0.511. The summed E-state index contributed by atoms with van der Waals surface area (Å²) in [5.74, 6) is -0.648. The molecule has 3 N–H and O–H groups in total. The van der Waals surface area contributed by atoms with Crippen molar-refractivity contribution in [3.63, 3.8) is 0 Å². The number of methoxy groups -OCH3 is 2. The topological polar surface area (TPSA) is 106 Å². The third-order valence-electron chi connectivity index (χ3n) is 2.70. The molecule has 20 heavy (non-hydrogen) atoms. The van der Waals surface area contributed by atoms with Gasteiger partial charge in [-0.25, -0.2) is 0 Å². The summed E-state index contributed by atoms with van der Waals surface area (Å²) in [5.41, 5.74) is 0.157. The van der Waals surface area contributed by atoms with E-state index in [1.165, 1.54) is 26.4 Å². The number of benzene rings is 1. The lowest BCUT2D eigenvalue weighted by molar-refractivity contribution is -0.0974. The summed E-state index contributed by atoms with van der Waals surface area (Å²) >= 11 is 0. The highest BCUT2D eigenvalue weighted by Crippen LogP contribution is 2.41. The molecule has 1 aliphatic heterocycles. The lowest BCUT2D eigenvalue weighted by Crippen LogP contribution is -2.34. The number of hydrogen-bond donors (Lipinski definition) is 3. The summed E-state index contributed by atoms with van der Waals surface area (Å²) in [6, 6.07) is 2.57. The number of amides is 1. The summed E-state index contributed by atoms with van der Waals surface area (Å²) in [6.45, 7) is 0.143. The lowest BCUT2D eigenvalue weighted by atomic mass is 10.1. The fourth-order valence-electron chi connectivity index (χ4n) is 1.70. The minimum Gasteiger partial charge on any atom is -0.504 e. The third kappa shape index (κ3) is 2.95. The first kappa shape index (κ1) is 14.4. The van der Waals surface area contributed by atoms with Gasteiger partial charge in [0.2, 0.25) is 0 Å². The van der Waals surface area contributed by atoms with Gasteiger partial charge in [0.15, 0.2) is 17.8 Å². The number of phenols is 1. The van der Waals surface area contributed by atoms with Crippen LogP contribution < -0.4 is 14.6 Å². The van der Waals surface area contributed by atoms with Gasteiger partial charge in [0.05, 0.1) is 6.54 Å². The van der Waals surface area contributed by atoms with E-state index in [4.69, 9.17) is 23.8 Å². The Labute approximate surface area is 115 Å². The Kier molecular flexibility index (Phi) is 4.33. The summed E-state index contributed by atoms with van der Waals surface area (Å²) < 4.78 is 19.6. The van der Waals surface area contributed by atoms with Gasteiger partial charge >= 0.3 is 7.32 Å². The number of carbonyl (C=O) groups is 1. The molecule has 0 aromatic heterocycles. The molecule has 1 aliphatic rings. The first-order valence-corrected chi connectivity index (χ1v) is 5.77. The van der Waals surface area contributed by atoms with Gasteiger partial charge < -0.3 is 34.2 Å². The Hall–Kier alpha value is -1.97. The van der Waals surface area contributed by atoms with Crippen molar-refractivity contribution in [3.05, 3.63) is 17.7 Å². The van der Waals surface area contributed by atoms with Gasteiger partial charge in [0.1, 0.15) is 5.75 Å². The standard InChI is InChI=1S/C11H14BNO7/c1-17-9(18-2)5-13-11(15)6-3-7(14)10-8(4-6)19-12(16)20-10/h3-4,9,14,16H,5H2,1-2H3,(H,13,15). The first-order chi connectivity index (χ1) is 9.55. The second-order valence-electron chi connectivity index (χ2n) is 3.98. The van der Waals surface area contributed by atoms with E-state index in [0.717, 1.165) is 0 Å². The van der Waals surface area contributed by atoms with Gasteiger partial charge in [-0.2, -0.15) is 0 Å². The molecule has 0 bridgehead atoms. The molecule has 1 amide bonds. The van der Waals surface area contributed by atoms with Gasteiger partial charge in [0.25, 0.3) is 5.91 Å². The monoisotopic (exact) mass is 283 g/mol. The highest BCUT2D eigenvalue weighted by atomic mass is 16.7. The number of nitrogens with one attached hydrogen (secondary N) is 1. The molecule has 0 atom stereocenters. The zero-order valence-corrected chi connectivity index (χ0v) is 11.0. The van der Waals surface area contributed by atoms with Gasteiger partial charge in [-0.15, -0.1) is 0 Å². The van der Waals surface area contributed by atoms with Crippen LogP contribution in [0.4, 0.5) is 0 Å². The molecule has 2 rings (SSSR count). The first-order valence-electron chi connectivity index (χ1n) is 5.77. The van der Waals surface area contributed by atoms with Crippen molar-refractivity contribution in [1.82, 2.24) is 5.32 Å². The number of fused-ring (bicyclic) bond motifs is 1. The molecule has 0 radical (unpaired) electrons. The highest BCUT2D eigenvalue weighted by Gasteiger charge is 2.34. The number of aromatic hydroxyl groups is 1. The maximum Gasteiger partial charge on any atom is 0.785 e. The van der Waals surface area contributed by atoms with Gasteiger partial charge in [-0.3, -0.25) is 4.79 Å². The van der Waals surface area contributed by atoms with Crippen molar-refractivity contribution < 1.29 is 33.7 Å². The predicted molar refractivity (Wildman–Crippen MR) is 67.5 cm³/mol. The number of hydrogen-bond acceptors (Lipinski definition) is 7. The Bertz CT molecular complexity index is 506. The maximum atomic E-state index is 11.9. The normalized spacial score (nSPS) is 12.9. The minimum absolute atomic E-state index is 0.000657. The van der Waals surface area contributed by atoms with E-state index in [9.17, 15) is 9.90 Å². The lowest BCUT2D eigenvalue weighted by Gasteiger charge is -2.14. The van der Waals surface area contributed by atoms with E-state index in [1.807, 2.05) is 0 Å². The third-order valence-corrected chi connectivity index (χ3v) is 2.70. The van der Waals surface area contributed by atoms with Crippen molar-refractivity contribution >= 4 is 13.2 Å². The van der Waals surface area contributed by atoms with Gasteiger partial charge in [-0.1, -0.05) is 0 Å². The van der Waals surface area contributed by atoms with Crippen LogP contribution in [-0.4, -0.2) is 50.4 Å². The van der Waals surface area contributed by atoms with E-state index in [0.29, 0.717) is 0 Å².